The average Bonchev–Trinajstić information content (AvgIpc) is 2.40. The van der Waals surface area contributed by atoms with Crippen LogP contribution >= 0.6 is 15.9 Å². The fourth-order valence-corrected chi connectivity index (χ4v) is 3.05. The van der Waals surface area contributed by atoms with Gasteiger partial charge >= 0.3 is 0 Å². The summed E-state index contributed by atoms with van der Waals surface area (Å²) in [6.07, 6.45) is 0.722. The predicted octanol–water partition coefficient (Wildman–Crippen LogP) is 2.16. The molecule has 21 heavy (non-hydrogen) atoms. The van der Waals surface area contributed by atoms with E-state index in [-0.39, 0.29) is 24.2 Å². The van der Waals surface area contributed by atoms with E-state index < -0.39 is 9.84 Å². The van der Waals surface area contributed by atoms with E-state index in [0.29, 0.717) is 11.5 Å². The molecule has 0 radical (unpaired) electrons. The molecule has 120 valence electrons. The van der Waals surface area contributed by atoms with Gasteiger partial charge in [0, 0.05) is 11.8 Å². The number of benzene rings is 1. The number of nitrogens with two attached hydrogens (primary N) is 1. The SMILES string of the molecule is CCS(=O)(=O)CCOc1c(Br)cc(CC(C)N)cc1OC. The first-order valence-electron chi connectivity index (χ1n) is 6.74. The number of sulfone groups is 1. The van der Waals surface area contributed by atoms with Crippen LogP contribution in [0.5, 0.6) is 11.5 Å². The predicted molar refractivity (Wildman–Crippen MR) is 87.9 cm³/mol. The summed E-state index contributed by atoms with van der Waals surface area (Å²) in [4.78, 5) is 0. The quantitative estimate of drug-likeness (QED) is 0.748. The van der Waals surface area contributed by atoms with E-state index in [4.69, 9.17) is 15.2 Å². The molecule has 1 unspecified atom stereocenters. The molecule has 0 aliphatic rings. The van der Waals surface area contributed by atoms with Crippen molar-refractivity contribution in [2.75, 3.05) is 25.2 Å². The lowest BCUT2D eigenvalue weighted by Crippen LogP contribution is -2.18. The van der Waals surface area contributed by atoms with Crippen LogP contribution in [0.15, 0.2) is 16.6 Å². The van der Waals surface area contributed by atoms with Crippen LogP contribution in [0, 0.1) is 0 Å². The largest absolute Gasteiger partial charge is 0.493 e. The zero-order chi connectivity index (χ0) is 16.0. The summed E-state index contributed by atoms with van der Waals surface area (Å²) in [6.45, 7) is 3.65. The third kappa shape index (κ3) is 5.84. The Labute approximate surface area is 134 Å². The minimum absolute atomic E-state index is 0.0132. The lowest BCUT2D eigenvalue weighted by molar-refractivity contribution is 0.309. The van der Waals surface area contributed by atoms with Crippen LogP contribution in [0.4, 0.5) is 0 Å². The van der Waals surface area contributed by atoms with Crippen LogP contribution in [-0.4, -0.2) is 39.7 Å². The van der Waals surface area contributed by atoms with Crippen LogP contribution in [0.3, 0.4) is 0 Å². The maximum absolute atomic E-state index is 11.5. The van der Waals surface area contributed by atoms with Crippen LogP contribution < -0.4 is 15.2 Å². The molecule has 0 amide bonds. The molecule has 2 N–H and O–H groups in total. The highest BCUT2D eigenvalue weighted by molar-refractivity contribution is 9.10. The van der Waals surface area contributed by atoms with Crippen molar-refractivity contribution in [1.29, 1.82) is 0 Å². The summed E-state index contributed by atoms with van der Waals surface area (Å²) >= 11 is 3.43. The number of rotatable bonds is 8. The number of ether oxygens (including phenoxy) is 2. The van der Waals surface area contributed by atoms with Gasteiger partial charge < -0.3 is 15.2 Å². The van der Waals surface area contributed by atoms with Gasteiger partial charge in [0.15, 0.2) is 21.3 Å². The zero-order valence-electron chi connectivity index (χ0n) is 12.6. The molecule has 5 nitrogen and oxygen atoms in total. The van der Waals surface area contributed by atoms with Gasteiger partial charge in [0.25, 0.3) is 0 Å². The maximum Gasteiger partial charge on any atom is 0.175 e. The summed E-state index contributed by atoms with van der Waals surface area (Å²) in [7, 11) is -1.50. The first-order chi connectivity index (χ1) is 9.79. The fraction of sp³-hybridized carbons (Fsp3) is 0.571. The highest BCUT2D eigenvalue weighted by Crippen LogP contribution is 2.36. The number of halogens is 1. The molecule has 0 aromatic heterocycles. The van der Waals surface area contributed by atoms with Gasteiger partial charge in [-0.1, -0.05) is 6.92 Å². The number of hydrogen-bond acceptors (Lipinski definition) is 5. The van der Waals surface area contributed by atoms with Gasteiger partial charge in [-0.15, -0.1) is 0 Å². The van der Waals surface area contributed by atoms with Crippen LogP contribution in [0.25, 0.3) is 0 Å². The van der Waals surface area contributed by atoms with Gasteiger partial charge in [-0.05, 0) is 47.0 Å². The summed E-state index contributed by atoms with van der Waals surface area (Å²) in [5.74, 6) is 1.18. The molecule has 0 aliphatic heterocycles. The van der Waals surface area contributed by atoms with Gasteiger partial charge in [0.2, 0.25) is 0 Å². The molecule has 7 heteroatoms. The van der Waals surface area contributed by atoms with E-state index in [9.17, 15) is 8.42 Å². The molecule has 1 rings (SSSR count). The summed E-state index contributed by atoms with van der Waals surface area (Å²) in [6, 6.07) is 3.82. The molecule has 1 aromatic carbocycles. The Hall–Kier alpha value is -0.790. The first-order valence-corrected chi connectivity index (χ1v) is 9.35. The molecule has 1 atom stereocenters. The third-order valence-electron chi connectivity index (χ3n) is 2.93. The topological polar surface area (TPSA) is 78.6 Å². The normalized spacial score (nSPS) is 13.0. The summed E-state index contributed by atoms with van der Waals surface area (Å²) < 4.78 is 34.5. The van der Waals surface area contributed by atoms with Crippen molar-refractivity contribution in [3.8, 4) is 11.5 Å². The minimum Gasteiger partial charge on any atom is -0.493 e. The van der Waals surface area contributed by atoms with Crippen molar-refractivity contribution < 1.29 is 17.9 Å². The van der Waals surface area contributed by atoms with Gasteiger partial charge in [-0.3, -0.25) is 0 Å². The van der Waals surface area contributed by atoms with Crippen molar-refractivity contribution in [3.63, 3.8) is 0 Å². The summed E-state index contributed by atoms with van der Waals surface area (Å²) in [5, 5.41) is 0. The Bertz CT molecular complexity index is 573. The van der Waals surface area contributed by atoms with E-state index in [1.165, 1.54) is 0 Å². The standard InChI is InChI=1S/C14H22BrNO4S/c1-4-21(17,18)6-5-20-14-12(15)8-11(7-10(2)16)9-13(14)19-3/h8-10H,4-7,16H2,1-3H3. The van der Waals surface area contributed by atoms with Gasteiger partial charge in [-0.25, -0.2) is 8.42 Å². The van der Waals surface area contributed by atoms with E-state index in [1.807, 2.05) is 19.1 Å². The maximum atomic E-state index is 11.5. The van der Waals surface area contributed by atoms with Gasteiger partial charge in [0.05, 0.1) is 17.3 Å². The van der Waals surface area contributed by atoms with Crippen molar-refractivity contribution in [2.45, 2.75) is 26.3 Å². The molecule has 0 spiro atoms. The molecule has 0 saturated carbocycles. The highest BCUT2D eigenvalue weighted by atomic mass is 79.9. The van der Waals surface area contributed by atoms with E-state index in [1.54, 1.807) is 14.0 Å². The van der Waals surface area contributed by atoms with E-state index >= 15 is 0 Å². The van der Waals surface area contributed by atoms with Crippen molar-refractivity contribution in [3.05, 3.63) is 22.2 Å². The van der Waals surface area contributed by atoms with Crippen molar-refractivity contribution in [1.82, 2.24) is 0 Å². The average molecular weight is 380 g/mol. The minimum atomic E-state index is -3.04. The Morgan fingerprint density at radius 1 is 1.38 bits per heavy atom. The molecular formula is C14H22BrNO4S. The Morgan fingerprint density at radius 3 is 2.57 bits per heavy atom. The van der Waals surface area contributed by atoms with Crippen molar-refractivity contribution >= 4 is 25.8 Å². The summed E-state index contributed by atoms with van der Waals surface area (Å²) in [5.41, 5.74) is 6.82. The Balaban J connectivity index is 2.87. The number of methoxy groups -OCH3 is 1. The van der Waals surface area contributed by atoms with Crippen LogP contribution in [-0.2, 0) is 16.3 Å². The second-order valence-electron chi connectivity index (χ2n) is 4.88. The van der Waals surface area contributed by atoms with Crippen LogP contribution in [0.1, 0.15) is 19.4 Å². The molecule has 0 bridgehead atoms. The molecule has 0 fully saturated rings. The van der Waals surface area contributed by atoms with Gasteiger partial charge in [-0.2, -0.15) is 0 Å². The zero-order valence-corrected chi connectivity index (χ0v) is 15.0. The van der Waals surface area contributed by atoms with Gasteiger partial charge in [0.1, 0.15) is 6.61 Å². The molecule has 1 aromatic rings. The first kappa shape index (κ1) is 18.3. The second-order valence-corrected chi connectivity index (χ2v) is 8.20. The van der Waals surface area contributed by atoms with E-state index in [2.05, 4.69) is 15.9 Å². The second kappa shape index (κ2) is 8.00. The third-order valence-corrected chi connectivity index (χ3v) is 5.18. The monoisotopic (exact) mass is 379 g/mol. The lowest BCUT2D eigenvalue weighted by Gasteiger charge is -2.15. The molecule has 0 heterocycles. The molecular weight excluding hydrogens is 358 g/mol. The Morgan fingerprint density at radius 2 is 2.05 bits per heavy atom. The number of hydrogen-bond donors (Lipinski definition) is 1. The fourth-order valence-electron chi connectivity index (χ4n) is 1.82. The highest BCUT2D eigenvalue weighted by Gasteiger charge is 2.14. The van der Waals surface area contributed by atoms with Crippen LogP contribution in [0.2, 0.25) is 0 Å². The van der Waals surface area contributed by atoms with Crippen molar-refractivity contribution in [2.24, 2.45) is 5.73 Å². The Kier molecular flexibility index (Phi) is 6.96. The molecule has 0 saturated heterocycles. The smallest absolute Gasteiger partial charge is 0.175 e. The lowest BCUT2D eigenvalue weighted by atomic mass is 10.1. The van der Waals surface area contributed by atoms with E-state index in [0.717, 1.165) is 16.5 Å². The molecule has 0 aliphatic carbocycles.